The molecule has 0 aliphatic carbocycles. The molecular formula is C18H11BrF2N2O4. The maximum Gasteiger partial charge on any atom is 0.195 e. The summed E-state index contributed by atoms with van der Waals surface area (Å²) in [5, 5.41) is 8.39. The van der Waals surface area contributed by atoms with E-state index in [2.05, 4.69) is 26.2 Å². The zero-order valence-electron chi connectivity index (χ0n) is 13.8. The van der Waals surface area contributed by atoms with Crippen LogP contribution in [0.2, 0.25) is 0 Å². The molecule has 0 saturated heterocycles. The van der Waals surface area contributed by atoms with Crippen molar-refractivity contribution in [3.8, 4) is 0 Å². The molecule has 0 saturated carbocycles. The highest BCUT2D eigenvalue weighted by molar-refractivity contribution is 9.09. The van der Waals surface area contributed by atoms with Gasteiger partial charge in [0.25, 0.3) is 0 Å². The fourth-order valence-electron chi connectivity index (χ4n) is 2.34. The lowest BCUT2D eigenvalue weighted by Crippen LogP contribution is -2.00. The van der Waals surface area contributed by atoms with E-state index >= 15 is 0 Å². The highest BCUT2D eigenvalue weighted by atomic mass is 79.9. The van der Waals surface area contributed by atoms with Gasteiger partial charge in [-0.3, -0.25) is 9.59 Å². The van der Waals surface area contributed by atoms with Crippen LogP contribution in [0.25, 0.3) is 21.9 Å². The maximum atomic E-state index is 12.7. The zero-order chi connectivity index (χ0) is 19.6. The van der Waals surface area contributed by atoms with Gasteiger partial charge >= 0.3 is 0 Å². The van der Waals surface area contributed by atoms with E-state index in [0.29, 0.717) is 16.4 Å². The molecule has 0 fully saturated rings. The molecule has 0 atom stereocenters. The van der Waals surface area contributed by atoms with Gasteiger partial charge in [0, 0.05) is 19.1 Å². The van der Waals surface area contributed by atoms with Crippen molar-refractivity contribution in [2.24, 2.45) is 0 Å². The lowest BCUT2D eigenvalue weighted by Gasteiger charge is -1.90. The van der Waals surface area contributed by atoms with Crippen LogP contribution in [0.5, 0.6) is 0 Å². The van der Waals surface area contributed by atoms with E-state index in [0.717, 1.165) is 0 Å². The summed E-state index contributed by atoms with van der Waals surface area (Å²) in [6.45, 7) is 1.39. The van der Waals surface area contributed by atoms with Crippen LogP contribution in [0.15, 0.2) is 45.4 Å². The third kappa shape index (κ3) is 3.92. The van der Waals surface area contributed by atoms with Crippen molar-refractivity contribution in [3.05, 3.63) is 59.4 Å². The maximum absolute atomic E-state index is 12.7. The van der Waals surface area contributed by atoms with Crippen molar-refractivity contribution in [3.63, 3.8) is 0 Å². The van der Waals surface area contributed by atoms with Crippen molar-refractivity contribution in [2.45, 2.75) is 6.92 Å². The number of nitrogens with zero attached hydrogens (tertiary/aromatic N) is 2. The van der Waals surface area contributed by atoms with Gasteiger partial charge in [-0.25, -0.2) is 8.78 Å². The van der Waals surface area contributed by atoms with Crippen LogP contribution < -0.4 is 0 Å². The highest BCUT2D eigenvalue weighted by Gasteiger charge is 2.15. The normalized spacial score (nSPS) is 10.7. The number of aromatic nitrogens is 2. The van der Waals surface area contributed by atoms with E-state index in [4.69, 9.17) is 9.05 Å². The lowest BCUT2D eigenvalue weighted by atomic mass is 10.2. The minimum atomic E-state index is -0.411. The Bertz CT molecular complexity index is 1150. The van der Waals surface area contributed by atoms with Crippen molar-refractivity contribution < 1.29 is 27.4 Å². The summed E-state index contributed by atoms with van der Waals surface area (Å²) < 4.78 is 35.0. The van der Waals surface area contributed by atoms with E-state index in [-0.39, 0.29) is 33.9 Å². The number of hydrogen-bond acceptors (Lipinski definition) is 6. The molecule has 4 rings (SSSR count). The van der Waals surface area contributed by atoms with Gasteiger partial charge in [0.1, 0.15) is 11.6 Å². The van der Waals surface area contributed by atoms with Crippen LogP contribution in [0.1, 0.15) is 27.9 Å². The zero-order valence-corrected chi connectivity index (χ0v) is 15.4. The van der Waals surface area contributed by atoms with Gasteiger partial charge in [-0.15, -0.1) is 0 Å². The third-order valence-corrected chi connectivity index (χ3v) is 4.10. The Morgan fingerprint density at radius 2 is 1.41 bits per heavy atom. The molecule has 0 spiro atoms. The second-order valence-electron chi connectivity index (χ2n) is 5.46. The summed E-state index contributed by atoms with van der Waals surface area (Å²) in [4.78, 5) is 22.3. The first-order chi connectivity index (χ1) is 12.9. The monoisotopic (exact) mass is 436 g/mol. The van der Waals surface area contributed by atoms with Crippen molar-refractivity contribution in [2.75, 3.05) is 5.33 Å². The average molecular weight is 437 g/mol. The van der Waals surface area contributed by atoms with Gasteiger partial charge < -0.3 is 9.05 Å². The average Bonchev–Trinajstić information content (AvgIpc) is 3.24. The van der Waals surface area contributed by atoms with Gasteiger partial charge in [0.15, 0.2) is 34.1 Å². The molecule has 0 radical (unpaired) electrons. The summed E-state index contributed by atoms with van der Waals surface area (Å²) >= 11 is 3.03. The predicted molar refractivity (Wildman–Crippen MR) is 96.1 cm³/mol. The van der Waals surface area contributed by atoms with Gasteiger partial charge in [0.05, 0.1) is 16.1 Å². The molecule has 0 amide bonds. The molecule has 0 unspecified atom stereocenters. The number of carbonyl (C=O) groups is 2. The fourth-order valence-corrected chi connectivity index (χ4v) is 2.61. The smallest absolute Gasteiger partial charge is 0.195 e. The number of Topliss-reactive ketones (excluding diaryl/α,β-unsaturated/α-hetero) is 2. The van der Waals surface area contributed by atoms with Crippen molar-refractivity contribution >= 4 is 49.4 Å². The molecule has 9 heteroatoms. The van der Waals surface area contributed by atoms with Gasteiger partial charge in [-0.2, -0.15) is 0 Å². The number of fused-ring (bicyclic) bond motifs is 2. The standard InChI is InChI=1S/C9H5BrFNO2.C9H6FNO2/c10-4-7(13)9-6-2-1-5(11)3-8(6)14-12-9;1-5(12)9-7-3-2-6(10)4-8(7)13-11-9/h1-3H,4H2;2-4H,1H3. The second kappa shape index (κ2) is 7.75. The van der Waals surface area contributed by atoms with Crippen molar-refractivity contribution in [1.82, 2.24) is 10.3 Å². The van der Waals surface area contributed by atoms with E-state index in [9.17, 15) is 18.4 Å². The Morgan fingerprint density at radius 1 is 0.926 bits per heavy atom. The molecule has 27 heavy (non-hydrogen) atoms. The Hall–Kier alpha value is -2.94. The lowest BCUT2D eigenvalue weighted by molar-refractivity contribution is 0.100. The summed E-state index contributed by atoms with van der Waals surface area (Å²) in [5.74, 6) is -1.19. The molecule has 4 aromatic rings. The molecule has 0 N–H and O–H groups in total. The Kier molecular flexibility index (Phi) is 5.41. The molecular weight excluding hydrogens is 426 g/mol. The SMILES string of the molecule is CC(=O)c1noc2cc(F)ccc12.O=C(CBr)c1noc2cc(F)ccc12. The highest BCUT2D eigenvalue weighted by Crippen LogP contribution is 2.20. The quantitative estimate of drug-likeness (QED) is 0.341. The van der Waals surface area contributed by atoms with Crippen LogP contribution in [0.3, 0.4) is 0 Å². The molecule has 0 bridgehead atoms. The first-order valence-electron chi connectivity index (χ1n) is 7.60. The van der Waals surface area contributed by atoms with E-state index in [1.54, 1.807) is 0 Å². The summed E-state index contributed by atoms with van der Waals surface area (Å²) in [6.07, 6.45) is 0. The van der Waals surface area contributed by atoms with Gasteiger partial charge in [0.2, 0.25) is 0 Å². The first kappa shape index (κ1) is 18.8. The number of benzene rings is 2. The molecule has 2 heterocycles. The molecule has 2 aromatic heterocycles. The summed E-state index contributed by atoms with van der Waals surface area (Å²) in [5.41, 5.74) is 1.06. The molecule has 2 aromatic carbocycles. The Labute approximate surface area is 159 Å². The molecule has 0 aliphatic heterocycles. The van der Waals surface area contributed by atoms with Gasteiger partial charge in [-0.1, -0.05) is 26.2 Å². The van der Waals surface area contributed by atoms with Gasteiger partial charge in [-0.05, 0) is 24.3 Å². The minimum Gasteiger partial charge on any atom is -0.355 e. The number of hydrogen-bond donors (Lipinski definition) is 0. The van der Waals surface area contributed by atoms with Crippen LogP contribution in [0.4, 0.5) is 8.78 Å². The number of halogens is 3. The molecule has 0 aliphatic rings. The number of rotatable bonds is 3. The van der Waals surface area contributed by atoms with Crippen LogP contribution in [-0.2, 0) is 0 Å². The topological polar surface area (TPSA) is 86.2 Å². The molecule has 6 nitrogen and oxygen atoms in total. The predicted octanol–water partition coefficient (Wildman–Crippen LogP) is 4.71. The Morgan fingerprint density at radius 3 is 1.89 bits per heavy atom. The van der Waals surface area contributed by atoms with E-state index in [1.807, 2.05) is 0 Å². The number of alkyl halides is 1. The third-order valence-electron chi connectivity index (χ3n) is 3.59. The fraction of sp³-hybridized carbons (Fsp3) is 0.111. The van der Waals surface area contributed by atoms with Crippen LogP contribution in [0, 0.1) is 11.6 Å². The van der Waals surface area contributed by atoms with Crippen LogP contribution >= 0.6 is 15.9 Å². The number of carbonyl (C=O) groups excluding carboxylic acids is 2. The molecule has 138 valence electrons. The summed E-state index contributed by atoms with van der Waals surface area (Å²) in [7, 11) is 0. The van der Waals surface area contributed by atoms with Crippen LogP contribution in [-0.4, -0.2) is 27.2 Å². The van der Waals surface area contributed by atoms with E-state index < -0.39 is 11.6 Å². The summed E-state index contributed by atoms with van der Waals surface area (Å²) in [6, 6.07) is 7.91. The van der Waals surface area contributed by atoms with Crippen molar-refractivity contribution in [1.29, 1.82) is 0 Å². The largest absolute Gasteiger partial charge is 0.355 e. The second-order valence-corrected chi connectivity index (χ2v) is 6.02. The first-order valence-corrected chi connectivity index (χ1v) is 8.73. The Balaban J connectivity index is 0.000000156. The van der Waals surface area contributed by atoms with E-state index in [1.165, 1.54) is 43.3 Å². The number of ketones is 2. The minimum absolute atomic E-state index is 0.173.